The smallest absolute Gasteiger partial charge is 0.308 e. The second-order valence-electron chi connectivity index (χ2n) is 5.14. The fourth-order valence-electron chi connectivity index (χ4n) is 2.05. The standard InChI is InChI=1S/C17H22O7/c1-3-24-15(20)9-8-13(18)11-4-6-12(7-5-11)17(22)14(19)10-16(21)23-2/h4-7,14,17,19,22H,3,8-10H2,1-2H3. The van der Waals surface area contributed by atoms with Gasteiger partial charge < -0.3 is 19.7 Å². The first-order valence-corrected chi connectivity index (χ1v) is 7.60. The van der Waals surface area contributed by atoms with Crippen molar-refractivity contribution in [2.75, 3.05) is 13.7 Å². The van der Waals surface area contributed by atoms with Crippen LogP contribution in [0.2, 0.25) is 0 Å². The quantitative estimate of drug-likeness (QED) is 0.513. The van der Waals surface area contributed by atoms with Crippen LogP contribution >= 0.6 is 0 Å². The first-order chi connectivity index (χ1) is 11.4. The molecule has 0 aliphatic rings. The van der Waals surface area contributed by atoms with Gasteiger partial charge >= 0.3 is 11.9 Å². The largest absolute Gasteiger partial charge is 0.469 e. The van der Waals surface area contributed by atoms with Crippen LogP contribution in [0.3, 0.4) is 0 Å². The number of aliphatic hydroxyl groups excluding tert-OH is 2. The van der Waals surface area contributed by atoms with E-state index in [1.165, 1.54) is 31.4 Å². The summed E-state index contributed by atoms with van der Waals surface area (Å²) in [5.74, 6) is -1.28. The molecule has 1 aromatic rings. The number of ketones is 1. The van der Waals surface area contributed by atoms with Crippen LogP contribution in [-0.4, -0.2) is 47.8 Å². The van der Waals surface area contributed by atoms with Crippen molar-refractivity contribution < 1.29 is 34.1 Å². The number of aliphatic hydroxyl groups is 2. The average Bonchev–Trinajstić information content (AvgIpc) is 2.59. The summed E-state index contributed by atoms with van der Waals surface area (Å²) in [6.45, 7) is 1.96. The Morgan fingerprint density at radius 1 is 1.04 bits per heavy atom. The Morgan fingerprint density at radius 3 is 2.21 bits per heavy atom. The molecule has 24 heavy (non-hydrogen) atoms. The van der Waals surface area contributed by atoms with Gasteiger partial charge in [-0.1, -0.05) is 24.3 Å². The Labute approximate surface area is 140 Å². The Kier molecular flexibility index (Phi) is 8.08. The van der Waals surface area contributed by atoms with E-state index in [9.17, 15) is 24.6 Å². The number of benzene rings is 1. The minimum Gasteiger partial charge on any atom is -0.469 e. The highest BCUT2D eigenvalue weighted by atomic mass is 16.5. The van der Waals surface area contributed by atoms with E-state index in [-0.39, 0.29) is 31.7 Å². The van der Waals surface area contributed by atoms with E-state index in [1.807, 2.05) is 0 Å². The maximum atomic E-state index is 12.0. The molecule has 0 aliphatic heterocycles. The molecule has 7 heteroatoms. The number of carbonyl (C=O) groups excluding carboxylic acids is 3. The van der Waals surface area contributed by atoms with E-state index in [0.717, 1.165) is 0 Å². The van der Waals surface area contributed by atoms with Gasteiger partial charge in [-0.15, -0.1) is 0 Å². The van der Waals surface area contributed by atoms with Crippen molar-refractivity contribution in [1.82, 2.24) is 0 Å². The third-order valence-electron chi connectivity index (χ3n) is 3.40. The molecule has 0 spiro atoms. The molecule has 0 fully saturated rings. The van der Waals surface area contributed by atoms with Crippen LogP contribution in [0, 0.1) is 0 Å². The monoisotopic (exact) mass is 338 g/mol. The van der Waals surface area contributed by atoms with E-state index in [2.05, 4.69) is 4.74 Å². The van der Waals surface area contributed by atoms with Crippen molar-refractivity contribution in [3.63, 3.8) is 0 Å². The lowest BCUT2D eigenvalue weighted by Gasteiger charge is -2.17. The Hall–Kier alpha value is -2.25. The van der Waals surface area contributed by atoms with Crippen molar-refractivity contribution in [2.24, 2.45) is 0 Å². The summed E-state index contributed by atoms with van der Waals surface area (Å²) in [4.78, 5) is 34.3. The molecule has 0 bridgehead atoms. The maximum Gasteiger partial charge on any atom is 0.308 e. The van der Waals surface area contributed by atoms with Crippen molar-refractivity contribution in [3.05, 3.63) is 35.4 Å². The van der Waals surface area contributed by atoms with Crippen LogP contribution < -0.4 is 0 Å². The van der Waals surface area contributed by atoms with Gasteiger partial charge in [0.2, 0.25) is 0 Å². The van der Waals surface area contributed by atoms with Gasteiger partial charge in [0, 0.05) is 12.0 Å². The number of carbonyl (C=O) groups is 3. The number of Topliss-reactive ketones (excluding diaryl/α,β-unsaturated/α-hetero) is 1. The summed E-state index contributed by atoms with van der Waals surface area (Å²) in [5.41, 5.74) is 0.756. The van der Waals surface area contributed by atoms with E-state index < -0.39 is 24.1 Å². The fourth-order valence-corrected chi connectivity index (χ4v) is 2.05. The number of hydrogen-bond donors (Lipinski definition) is 2. The van der Waals surface area contributed by atoms with Crippen molar-refractivity contribution in [1.29, 1.82) is 0 Å². The van der Waals surface area contributed by atoms with Gasteiger partial charge in [0.05, 0.1) is 32.7 Å². The number of ether oxygens (including phenoxy) is 2. The van der Waals surface area contributed by atoms with Gasteiger partial charge in [-0.05, 0) is 12.5 Å². The minimum absolute atomic E-state index is 0.00882. The zero-order chi connectivity index (χ0) is 18.1. The SMILES string of the molecule is CCOC(=O)CCC(=O)c1ccc(C(O)C(O)CC(=O)OC)cc1. The van der Waals surface area contributed by atoms with Crippen LogP contribution in [-0.2, 0) is 19.1 Å². The molecule has 7 nitrogen and oxygen atoms in total. The van der Waals surface area contributed by atoms with Gasteiger partial charge in [0.25, 0.3) is 0 Å². The number of esters is 2. The lowest BCUT2D eigenvalue weighted by atomic mass is 9.99. The lowest BCUT2D eigenvalue weighted by molar-refractivity contribution is -0.145. The molecule has 132 valence electrons. The zero-order valence-electron chi connectivity index (χ0n) is 13.7. The summed E-state index contributed by atoms with van der Waals surface area (Å²) in [6.07, 6.45) is -2.87. The Bertz CT molecular complexity index is 565. The van der Waals surface area contributed by atoms with Crippen LogP contribution in [0.1, 0.15) is 48.2 Å². The van der Waals surface area contributed by atoms with Crippen LogP contribution in [0.15, 0.2) is 24.3 Å². The first-order valence-electron chi connectivity index (χ1n) is 7.60. The van der Waals surface area contributed by atoms with Crippen LogP contribution in [0.25, 0.3) is 0 Å². The van der Waals surface area contributed by atoms with Crippen LogP contribution in [0.4, 0.5) is 0 Å². The number of hydrogen-bond acceptors (Lipinski definition) is 7. The van der Waals surface area contributed by atoms with Crippen LogP contribution in [0.5, 0.6) is 0 Å². The highest BCUT2D eigenvalue weighted by molar-refractivity contribution is 5.97. The molecule has 0 aliphatic carbocycles. The van der Waals surface area contributed by atoms with E-state index in [1.54, 1.807) is 6.92 Å². The molecule has 2 unspecified atom stereocenters. The van der Waals surface area contributed by atoms with E-state index in [0.29, 0.717) is 11.1 Å². The second-order valence-corrected chi connectivity index (χ2v) is 5.14. The molecule has 0 heterocycles. The summed E-state index contributed by atoms with van der Waals surface area (Å²) in [6, 6.07) is 5.97. The molecular weight excluding hydrogens is 316 g/mol. The van der Waals surface area contributed by atoms with Crippen molar-refractivity contribution in [2.45, 2.75) is 38.4 Å². The topological polar surface area (TPSA) is 110 Å². The normalized spacial score (nSPS) is 13.0. The molecule has 0 saturated heterocycles. The van der Waals surface area contributed by atoms with Gasteiger partial charge in [0.15, 0.2) is 5.78 Å². The maximum absolute atomic E-state index is 12.0. The van der Waals surface area contributed by atoms with E-state index >= 15 is 0 Å². The molecule has 2 N–H and O–H groups in total. The molecule has 2 atom stereocenters. The van der Waals surface area contributed by atoms with Gasteiger partial charge in [-0.2, -0.15) is 0 Å². The molecule has 0 saturated carbocycles. The molecule has 1 aromatic carbocycles. The number of rotatable bonds is 9. The van der Waals surface area contributed by atoms with Gasteiger partial charge in [-0.25, -0.2) is 0 Å². The summed E-state index contributed by atoms with van der Waals surface area (Å²) in [7, 11) is 1.19. The Morgan fingerprint density at radius 2 is 1.67 bits per heavy atom. The number of methoxy groups -OCH3 is 1. The Balaban J connectivity index is 2.62. The van der Waals surface area contributed by atoms with Gasteiger partial charge in [0.1, 0.15) is 6.10 Å². The minimum atomic E-state index is -1.30. The highest BCUT2D eigenvalue weighted by Gasteiger charge is 2.22. The molecular formula is C17H22O7. The zero-order valence-corrected chi connectivity index (χ0v) is 13.7. The lowest BCUT2D eigenvalue weighted by Crippen LogP contribution is -2.22. The molecule has 0 aromatic heterocycles. The second kappa shape index (κ2) is 9.79. The average molecular weight is 338 g/mol. The molecule has 0 amide bonds. The third kappa shape index (κ3) is 6.10. The molecule has 0 radical (unpaired) electrons. The highest BCUT2D eigenvalue weighted by Crippen LogP contribution is 2.20. The fraction of sp³-hybridized carbons (Fsp3) is 0.471. The predicted molar refractivity (Wildman–Crippen MR) is 84.2 cm³/mol. The molecule has 1 rings (SSSR count). The summed E-state index contributed by atoms with van der Waals surface area (Å²) >= 11 is 0. The summed E-state index contributed by atoms with van der Waals surface area (Å²) in [5, 5.41) is 19.8. The van der Waals surface area contributed by atoms with Gasteiger partial charge in [-0.3, -0.25) is 14.4 Å². The predicted octanol–water partition coefficient (Wildman–Crippen LogP) is 1.17. The first kappa shape index (κ1) is 19.8. The van der Waals surface area contributed by atoms with Crippen molar-refractivity contribution >= 4 is 17.7 Å². The summed E-state index contributed by atoms with van der Waals surface area (Å²) < 4.78 is 9.18. The van der Waals surface area contributed by atoms with Crippen molar-refractivity contribution in [3.8, 4) is 0 Å². The van der Waals surface area contributed by atoms with E-state index in [4.69, 9.17) is 4.74 Å². The third-order valence-corrected chi connectivity index (χ3v) is 3.40.